The van der Waals surface area contributed by atoms with Crippen molar-refractivity contribution in [1.29, 1.82) is 0 Å². The van der Waals surface area contributed by atoms with Gasteiger partial charge in [0, 0.05) is 5.92 Å². The van der Waals surface area contributed by atoms with Gasteiger partial charge in [0.2, 0.25) is 12.0 Å². The highest BCUT2D eigenvalue weighted by molar-refractivity contribution is 5.87. The fraction of sp³-hybridized carbons (Fsp3) is 0.529. The maximum absolute atomic E-state index is 12.2. The van der Waals surface area contributed by atoms with Crippen LogP contribution in [0, 0.1) is 17.8 Å². The van der Waals surface area contributed by atoms with Gasteiger partial charge in [-0.2, -0.15) is 0 Å². The Hall–Kier alpha value is -2.24. The molecule has 2 aliphatic carbocycles. The van der Waals surface area contributed by atoms with Gasteiger partial charge < -0.3 is 9.47 Å². The van der Waals surface area contributed by atoms with Gasteiger partial charge in [0.1, 0.15) is 6.61 Å². The van der Waals surface area contributed by atoms with Gasteiger partial charge in [-0.1, -0.05) is 25.0 Å². The largest absolute Gasteiger partial charge is 0.485 e. The maximum atomic E-state index is 12.2. The normalized spacial score (nSPS) is 30.8. The standard InChI is InChI=1S/C17H20N2O4/c20-16(14-9-22-12-7-3-4-8-13(12)23-14)18-19-17(21)15-10-5-1-2-6-11(10)15/h3-4,7-8,10-11,14-15H,1-2,5-6,9H2,(H,18,20)(H,19,21)/t10-,11+,14-,15?/m1/s1. The molecule has 0 saturated heterocycles. The molecule has 2 saturated carbocycles. The molecular weight excluding hydrogens is 296 g/mol. The molecule has 122 valence electrons. The molecule has 2 N–H and O–H groups in total. The summed E-state index contributed by atoms with van der Waals surface area (Å²) in [5, 5.41) is 0. The molecule has 6 nitrogen and oxygen atoms in total. The monoisotopic (exact) mass is 316 g/mol. The summed E-state index contributed by atoms with van der Waals surface area (Å²) >= 11 is 0. The molecule has 1 aromatic carbocycles. The maximum Gasteiger partial charge on any atom is 0.283 e. The molecule has 23 heavy (non-hydrogen) atoms. The number of carbonyl (C=O) groups excluding carboxylic acids is 2. The Morgan fingerprint density at radius 2 is 1.61 bits per heavy atom. The quantitative estimate of drug-likeness (QED) is 0.809. The van der Waals surface area contributed by atoms with Crippen molar-refractivity contribution in [3.8, 4) is 11.5 Å². The third kappa shape index (κ3) is 2.73. The van der Waals surface area contributed by atoms with Crippen molar-refractivity contribution in [2.45, 2.75) is 31.8 Å². The van der Waals surface area contributed by atoms with Gasteiger partial charge in [-0.15, -0.1) is 0 Å². The average molecular weight is 316 g/mol. The first-order valence-electron chi connectivity index (χ1n) is 8.22. The molecule has 0 bridgehead atoms. The Morgan fingerprint density at radius 3 is 2.35 bits per heavy atom. The zero-order valence-corrected chi connectivity index (χ0v) is 12.8. The highest BCUT2D eigenvalue weighted by Gasteiger charge is 2.54. The van der Waals surface area contributed by atoms with E-state index in [1.54, 1.807) is 12.1 Å². The molecule has 0 radical (unpaired) electrons. The van der Waals surface area contributed by atoms with E-state index < -0.39 is 12.0 Å². The van der Waals surface area contributed by atoms with Crippen molar-refractivity contribution in [2.24, 2.45) is 17.8 Å². The number of fused-ring (bicyclic) bond motifs is 2. The number of para-hydroxylation sites is 2. The van der Waals surface area contributed by atoms with Gasteiger partial charge in [-0.25, -0.2) is 0 Å². The van der Waals surface area contributed by atoms with Crippen LogP contribution >= 0.6 is 0 Å². The summed E-state index contributed by atoms with van der Waals surface area (Å²) in [4.78, 5) is 24.3. The predicted molar refractivity (Wildman–Crippen MR) is 81.6 cm³/mol. The van der Waals surface area contributed by atoms with Crippen LogP contribution in [0.5, 0.6) is 11.5 Å². The van der Waals surface area contributed by atoms with Crippen LogP contribution in [0.4, 0.5) is 0 Å². The van der Waals surface area contributed by atoms with E-state index in [0.29, 0.717) is 23.3 Å². The summed E-state index contributed by atoms with van der Waals surface area (Å²) < 4.78 is 11.1. The molecule has 1 unspecified atom stereocenters. The van der Waals surface area contributed by atoms with Crippen LogP contribution in [0.1, 0.15) is 25.7 Å². The minimum atomic E-state index is -0.758. The van der Waals surface area contributed by atoms with Gasteiger partial charge in [-0.3, -0.25) is 20.4 Å². The van der Waals surface area contributed by atoms with Crippen molar-refractivity contribution in [2.75, 3.05) is 6.61 Å². The molecule has 4 atom stereocenters. The number of ether oxygens (including phenoxy) is 2. The molecular formula is C17H20N2O4. The van der Waals surface area contributed by atoms with Gasteiger partial charge in [0.05, 0.1) is 0 Å². The molecule has 2 fully saturated rings. The number of hydrogen-bond acceptors (Lipinski definition) is 4. The van der Waals surface area contributed by atoms with Crippen LogP contribution in [0.15, 0.2) is 24.3 Å². The first-order chi connectivity index (χ1) is 11.2. The highest BCUT2D eigenvalue weighted by atomic mass is 16.6. The number of hydrazine groups is 1. The SMILES string of the molecule is O=C(NNC(=O)[C@H]1COc2ccccc2O1)C1[C@H]2CCCC[C@@H]12. The number of rotatable bonds is 2. The summed E-state index contributed by atoms with van der Waals surface area (Å²) in [5.41, 5.74) is 5.02. The van der Waals surface area contributed by atoms with Crippen molar-refractivity contribution in [1.82, 2.24) is 10.9 Å². The Balaban J connectivity index is 1.29. The summed E-state index contributed by atoms with van der Waals surface area (Å²) in [6, 6.07) is 7.21. The van der Waals surface area contributed by atoms with E-state index in [4.69, 9.17) is 9.47 Å². The first-order valence-corrected chi connectivity index (χ1v) is 8.22. The molecule has 3 aliphatic rings. The molecule has 6 heteroatoms. The topological polar surface area (TPSA) is 76.7 Å². The van der Waals surface area contributed by atoms with Crippen molar-refractivity contribution < 1.29 is 19.1 Å². The van der Waals surface area contributed by atoms with Crippen molar-refractivity contribution in [3.05, 3.63) is 24.3 Å². The van der Waals surface area contributed by atoms with Crippen LogP contribution in [-0.4, -0.2) is 24.5 Å². The second-order valence-corrected chi connectivity index (χ2v) is 6.48. The van der Waals surface area contributed by atoms with Crippen molar-refractivity contribution in [3.63, 3.8) is 0 Å². The van der Waals surface area contributed by atoms with E-state index in [9.17, 15) is 9.59 Å². The lowest BCUT2D eigenvalue weighted by Crippen LogP contribution is -2.51. The summed E-state index contributed by atoms with van der Waals surface area (Å²) in [7, 11) is 0. The zero-order chi connectivity index (χ0) is 15.8. The first kappa shape index (κ1) is 14.4. The fourth-order valence-electron chi connectivity index (χ4n) is 3.82. The van der Waals surface area contributed by atoms with E-state index in [0.717, 1.165) is 12.8 Å². The second kappa shape index (κ2) is 5.76. The van der Waals surface area contributed by atoms with E-state index in [2.05, 4.69) is 10.9 Å². The molecule has 1 aliphatic heterocycles. The zero-order valence-electron chi connectivity index (χ0n) is 12.8. The van der Waals surface area contributed by atoms with Crippen LogP contribution in [0.3, 0.4) is 0 Å². The molecule has 1 heterocycles. The number of hydrogen-bond donors (Lipinski definition) is 2. The van der Waals surface area contributed by atoms with E-state index in [1.807, 2.05) is 12.1 Å². The van der Waals surface area contributed by atoms with Crippen LogP contribution in [0.2, 0.25) is 0 Å². The lowest BCUT2D eigenvalue weighted by Gasteiger charge is -2.25. The van der Waals surface area contributed by atoms with Gasteiger partial charge in [-0.05, 0) is 36.8 Å². The smallest absolute Gasteiger partial charge is 0.283 e. The predicted octanol–water partition coefficient (Wildman–Crippen LogP) is 1.41. The second-order valence-electron chi connectivity index (χ2n) is 6.48. The van der Waals surface area contributed by atoms with Gasteiger partial charge in [0.15, 0.2) is 11.5 Å². The molecule has 0 spiro atoms. The highest BCUT2D eigenvalue weighted by Crippen LogP contribution is 2.55. The third-order valence-electron chi connectivity index (χ3n) is 5.07. The lowest BCUT2D eigenvalue weighted by atomic mass is 10.0. The molecule has 1 aromatic rings. The van der Waals surface area contributed by atoms with E-state index in [-0.39, 0.29) is 18.4 Å². The van der Waals surface area contributed by atoms with Crippen LogP contribution in [0.25, 0.3) is 0 Å². The molecule has 2 amide bonds. The number of benzene rings is 1. The summed E-state index contributed by atoms with van der Waals surface area (Å²) in [6.45, 7) is 0.132. The van der Waals surface area contributed by atoms with E-state index >= 15 is 0 Å². The van der Waals surface area contributed by atoms with Crippen LogP contribution in [-0.2, 0) is 9.59 Å². The molecule has 0 aromatic heterocycles. The van der Waals surface area contributed by atoms with Gasteiger partial charge in [0.25, 0.3) is 5.91 Å². The minimum absolute atomic E-state index is 0.0713. The third-order valence-corrected chi connectivity index (χ3v) is 5.07. The Labute approximate surface area is 134 Å². The average Bonchev–Trinajstić information content (AvgIpc) is 3.33. The lowest BCUT2D eigenvalue weighted by molar-refractivity contribution is -0.135. The number of carbonyl (C=O) groups is 2. The summed E-state index contributed by atoms with van der Waals surface area (Å²) in [6.07, 6.45) is 3.93. The number of amides is 2. The van der Waals surface area contributed by atoms with Crippen molar-refractivity contribution >= 4 is 11.8 Å². The van der Waals surface area contributed by atoms with E-state index in [1.165, 1.54) is 12.8 Å². The number of nitrogens with one attached hydrogen (secondary N) is 2. The summed E-state index contributed by atoms with van der Waals surface area (Å²) in [5.74, 6) is 1.80. The fourth-order valence-corrected chi connectivity index (χ4v) is 3.82. The Morgan fingerprint density at radius 1 is 0.957 bits per heavy atom. The minimum Gasteiger partial charge on any atom is -0.485 e. The van der Waals surface area contributed by atoms with Crippen LogP contribution < -0.4 is 20.3 Å². The van der Waals surface area contributed by atoms with Gasteiger partial charge >= 0.3 is 0 Å². The Kier molecular flexibility index (Phi) is 3.59. The Bertz CT molecular complexity index is 621. The molecule has 4 rings (SSSR count).